The fourth-order valence-corrected chi connectivity index (χ4v) is 1.18. The minimum absolute atomic E-state index is 0.0426. The highest BCUT2D eigenvalue weighted by molar-refractivity contribution is 5.79. The topological polar surface area (TPSA) is 61.5 Å². The SMILES string of the molecule is CCC1(COC(=O)C(C)(C)N)COC1. The first kappa shape index (κ1) is 11.5. The van der Waals surface area contributed by atoms with E-state index < -0.39 is 5.54 Å². The van der Waals surface area contributed by atoms with E-state index in [1.165, 1.54) is 0 Å². The van der Waals surface area contributed by atoms with Crippen LogP contribution in [0.2, 0.25) is 0 Å². The maximum Gasteiger partial charge on any atom is 0.325 e. The van der Waals surface area contributed by atoms with E-state index in [0.29, 0.717) is 19.8 Å². The molecule has 82 valence electrons. The van der Waals surface area contributed by atoms with E-state index in [0.717, 1.165) is 6.42 Å². The monoisotopic (exact) mass is 201 g/mol. The van der Waals surface area contributed by atoms with Gasteiger partial charge in [0, 0.05) is 0 Å². The Balaban J connectivity index is 2.36. The van der Waals surface area contributed by atoms with Crippen molar-refractivity contribution < 1.29 is 14.3 Å². The number of ether oxygens (including phenoxy) is 2. The second-order valence-corrected chi connectivity index (χ2v) is 4.64. The van der Waals surface area contributed by atoms with Crippen LogP contribution in [-0.2, 0) is 14.3 Å². The fraction of sp³-hybridized carbons (Fsp3) is 0.900. The summed E-state index contributed by atoms with van der Waals surface area (Å²) in [6, 6.07) is 0. The Morgan fingerprint density at radius 3 is 2.43 bits per heavy atom. The van der Waals surface area contributed by atoms with Crippen LogP contribution in [0.3, 0.4) is 0 Å². The largest absolute Gasteiger partial charge is 0.464 e. The molecule has 0 bridgehead atoms. The van der Waals surface area contributed by atoms with Gasteiger partial charge in [-0.1, -0.05) is 6.92 Å². The predicted octanol–water partition coefficient (Wildman–Crippen LogP) is 0.694. The zero-order valence-corrected chi connectivity index (χ0v) is 9.13. The van der Waals surface area contributed by atoms with E-state index >= 15 is 0 Å². The first-order chi connectivity index (χ1) is 6.40. The van der Waals surface area contributed by atoms with Gasteiger partial charge in [-0.25, -0.2) is 0 Å². The van der Waals surface area contributed by atoms with Gasteiger partial charge in [-0.15, -0.1) is 0 Å². The normalized spacial score (nSPS) is 20.0. The Bertz CT molecular complexity index is 210. The second kappa shape index (κ2) is 3.87. The Kier molecular flexibility index (Phi) is 3.17. The van der Waals surface area contributed by atoms with Gasteiger partial charge in [-0.2, -0.15) is 0 Å². The second-order valence-electron chi connectivity index (χ2n) is 4.64. The average molecular weight is 201 g/mol. The summed E-state index contributed by atoms with van der Waals surface area (Å²) in [5, 5.41) is 0. The van der Waals surface area contributed by atoms with Crippen molar-refractivity contribution in [2.75, 3.05) is 19.8 Å². The molecule has 2 N–H and O–H groups in total. The van der Waals surface area contributed by atoms with Crippen LogP contribution in [0.25, 0.3) is 0 Å². The third-order valence-electron chi connectivity index (χ3n) is 2.60. The van der Waals surface area contributed by atoms with Crippen molar-refractivity contribution in [3.63, 3.8) is 0 Å². The van der Waals surface area contributed by atoms with E-state index in [9.17, 15) is 4.79 Å². The van der Waals surface area contributed by atoms with E-state index in [1.54, 1.807) is 13.8 Å². The van der Waals surface area contributed by atoms with Crippen LogP contribution in [-0.4, -0.2) is 31.3 Å². The minimum Gasteiger partial charge on any atom is -0.464 e. The molecule has 0 aliphatic carbocycles. The van der Waals surface area contributed by atoms with Crippen molar-refractivity contribution in [2.45, 2.75) is 32.7 Å². The van der Waals surface area contributed by atoms with Gasteiger partial charge in [0.25, 0.3) is 0 Å². The third kappa shape index (κ3) is 2.45. The van der Waals surface area contributed by atoms with Crippen molar-refractivity contribution in [1.29, 1.82) is 0 Å². The van der Waals surface area contributed by atoms with Crippen molar-refractivity contribution in [3.8, 4) is 0 Å². The van der Waals surface area contributed by atoms with Gasteiger partial charge >= 0.3 is 5.97 Å². The smallest absolute Gasteiger partial charge is 0.325 e. The molecule has 0 radical (unpaired) electrons. The van der Waals surface area contributed by atoms with Crippen molar-refractivity contribution in [1.82, 2.24) is 0 Å². The number of carbonyl (C=O) groups excluding carboxylic acids is 1. The highest BCUT2D eigenvalue weighted by Crippen LogP contribution is 2.31. The van der Waals surface area contributed by atoms with Crippen LogP contribution in [0.4, 0.5) is 0 Å². The quantitative estimate of drug-likeness (QED) is 0.680. The summed E-state index contributed by atoms with van der Waals surface area (Å²) >= 11 is 0. The molecule has 0 aromatic rings. The number of hydrogen-bond acceptors (Lipinski definition) is 4. The minimum atomic E-state index is -0.903. The summed E-state index contributed by atoms with van der Waals surface area (Å²) in [7, 11) is 0. The molecule has 0 aromatic heterocycles. The Labute approximate surface area is 84.7 Å². The van der Waals surface area contributed by atoms with Crippen LogP contribution in [0, 0.1) is 5.41 Å². The Morgan fingerprint density at radius 2 is 2.14 bits per heavy atom. The van der Waals surface area contributed by atoms with E-state index in [2.05, 4.69) is 6.92 Å². The van der Waals surface area contributed by atoms with Gasteiger partial charge in [-0.05, 0) is 20.3 Å². The first-order valence-electron chi connectivity index (χ1n) is 4.93. The summed E-state index contributed by atoms with van der Waals surface area (Å²) < 4.78 is 10.3. The molecular formula is C10H19NO3. The summed E-state index contributed by atoms with van der Waals surface area (Å²) in [6.07, 6.45) is 0.964. The van der Waals surface area contributed by atoms with Crippen LogP contribution in [0.1, 0.15) is 27.2 Å². The zero-order valence-electron chi connectivity index (χ0n) is 9.13. The number of hydrogen-bond donors (Lipinski definition) is 1. The zero-order chi connectivity index (χ0) is 10.8. The Morgan fingerprint density at radius 1 is 1.57 bits per heavy atom. The fourth-order valence-electron chi connectivity index (χ4n) is 1.18. The average Bonchev–Trinajstić information content (AvgIpc) is 2.01. The van der Waals surface area contributed by atoms with Gasteiger partial charge in [0.1, 0.15) is 12.1 Å². The summed E-state index contributed by atoms with van der Waals surface area (Å²) in [5.41, 5.74) is 4.74. The van der Waals surface area contributed by atoms with Gasteiger partial charge < -0.3 is 15.2 Å². The molecule has 4 heteroatoms. The van der Waals surface area contributed by atoms with Crippen LogP contribution in [0.15, 0.2) is 0 Å². The Hall–Kier alpha value is -0.610. The number of esters is 1. The molecule has 1 aliphatic heterocycles. The molecule has 1 heterocycles. The lowest BCUT2D eigenvalue weighted by atomic mass is 9.84. The highest BCUT2D eigenvalue weighted by Gasteiger charge is 2.39. The summed E-state index contributed by atoms with van der Waals surface area (Å²) in [5.74, 6) is -0.350. The van der Waals surface area contributed by atoms with Crippen molar-refractivity contribution >= 4 is 5.97 Å². The van der Waals surface area contributed by atoms with E-state index in [-0.39, 0.29) is 11.4 Å². The maximum absolute atomic E-state index is 11.4. The van der Waals surface area contributed by atoms with E-state index in [4.69, 9.17) is 15.2 Å². The third-order valence-corrected chi connectivity index (χ3v) is 2.60. The molecule has 0 saturated carbocycles. The van der Waals surface area contributed by atoms with Gasteiger partial charge in [0.05, 0.1) is 18.6 Å². The molecule has 1 rings (SSSR count). The molecule has 1 saturated heterocycles. The molecule has 0 amide bonds. The lowest BCUT2D eigenvalue weighted by molar-refractivity contribution is -0.174. The van der Waals surface area contributed by atoms with Crippen molar-refractivity contribution in [2.24, 2.45) is 11.1 Å². The lowest BCUT2D eigenvalue weighted by Gasteiger charge is -2.40. The van der Waals surface area contributed by atoms with Gasteiger partial charge in [0.15, 0.2) is 0 Å². The van der Waals surface area contributed by atoms with Crippen LogP contribution >= 0.6 is 0 Å². The number of rotatable bonds is 4. The van der Waals surface area contributed by atoms with Gasteiger partial charge in [-0.3, -0.25) is 4.79 Å². The molecule has 14 heavy (non-hydrogen) atoms. The molecule has 1 aliphatic rings. The lowest BCUT2D eigenvalue weighted by Crippen LogP contribution is -2.49. The molecule has 0 aromatic carbocycles. The number of nitrogens with two attached hydrogens (primary N) is 1. The molecule has 4 nitrogen and oxygen atoms in total. The highest BCUT2D eigenvalue weighted by atomic mass is 16.5. The standard InChI is InChI=1S/C10H19NO3/c1-4-10(5-13-6-10)7-14-8(12)9(2,3)11/h4-7,11H2,1-3H3. The molecule has 0 spiro atoms. The van der Waals surface area contributed by atoms with Crippen molar-refractivity contribution in [3.05, 3.63) is 0 Å². The van der Waals surface area contributed by atoms with Gasteiger partial charge in [0.2, 0.25) is 0 Å². The summed E-state index contributed by atoms with van der Waals surface area (Å²) in [4.78, 5) is 11.4. The maximum atomic E-state index is 11.4. The molecular weight excluding hydrogens is 182 g/mol. The molecule has 0 unspecified atom stereocenters. The van der Waals surface area contributed by atoms with E-state index in [1.807, 2.05) is 0 Å². The van der Waals surface area contributed by atoms with Crippen LogP contribution < -0.4 is 5.73 Å². The molecule has 1 fully saturated rings. The summed E-state index contributed by atoms with van der Waals surface area (Å²) in [6.45, 7) is 7.15. The number of carbonyl (C=O) groups is 1. The molecule has 0 atom stereocenters. The van der Waals surface area contributed by atoms with Crippen LogP contribution in [0.5, 0.6) is 0 Å². The first-order valence-corrected chi connectivity index (χ1v) is 4.93. The predicted molar refractivity (Wildman–Crippen MR) is 52.8 cm³/mol.